The molecule has 130 valence electrons. The van der Waals surface area contributed by atoms with Crippen LogP contribution < -0.4 is 15.5 Å². The minimum atomic E-state index is -0.0180. The lowest BCUT2D eigenvalue weighted by Crippen LogP contribution is -2.46. The maximum absolute atomic E-state index is 12.0. The van der Waals surface area contributed by atoms with E-state index in [0.717, 1.165) is 43.9 Å². The highest BCUT2D eigenvalue weighted by Gasteiger charge is 2.20. The van der Waals surface area contributed by atoms with Crippen LogP contribution in [0.2, 0.25) is 0 Å². The molecule has 0 aliphatic carbocycles. The largest absolute Gasteiger partial charge is 0.357 e. The van der Waals surface area contributed by atoms with Crippen LogP contribution in [0.5, 0.6) is 0 Å². The lowest BCUT2D eigenvalue weighted by Gasteiger charge is -2.22. The Morgan fingerprint density at radius 1 is 1.22 bits per heavy atom. The van der Waals surface area contributed by atoms with Gasteiger partial charge in [-0.3, -0.25) is 4.79 Å². The highest BCUT2D eigenvalue weighted by Crippen LogP contribution is 2.17. The van der Waals surface area contributed by atoms with Gasteiger partial charge in [-0.25, -0.2) is 4.98 Å². The summed E-state index contributed by atoms with van der Waals surface area (Å²) in [6.45, 7) is 3.72. The van der Waals surface area contributed by atoms with E-state index in [1.165, 1.54) is 19.3 Å². The van der Waals surface area contributed by atoms with Crippen molar-refractivity contribution in [3.05, 3.63) is 23.9 Å². The zero-order valence-corrected chi connectivity index (χ0v) is 14.9. The Kier molecular flexibility index (Phi) is 8.66. The van der Waals surface area contributed by atoms with E-state index in [9.17, 15) is 4.79 Å². The van der Waals surface area contributed by atoms with Crippen molar-refractivity contribution in [2.24, 2.45) is 0 Å². The van der Waals surface area contributed by atoms with Crippen molar-refractivity contribution in [3.8, 4) is 0 Å². The monoisotopic (exact) mass is 360 g/mol. The van der Waals surface area contributed by atoms with Crippen LogP contribution in [0.15, 0.2) is 18.3 Å². The standard InChI is InChI=1S/C16H24N4O.2ClH/c21-16(14-5-1-2-8-17-14)19-12-13-6-7-15(18-11-13)20-9-3-4-10-20;;/h6-7,11,14,17H,1-5,8-10,12H2,(H,19,21);2*1H. The van der Waals surface area contributed by atoms with Crippen LogP contribution in [-0.4, -0.2) is 36.6 Å². The predicted molar refractivity (Wildman–Crippen MR) is 97.7 cm³/mol. The number of piperidine rings is 1. The van der Waals surface area contributed by atoms with E-state index < -0.39 is 0 Å². The van der Waals surface area contributed by atoms with Crippen molar-refractivity contribution < 1.29 is 4.79 Å². The molecule has 0 saturated carbocycles. The maximum atomic E-state index is 12.0. The number of rotatable bonds is 4. The van der Waals surface area contributed by atoms with Crippen LogP contribution >= 0.6 is 24.8 Å². The van der Waals surface area contributed by atoms with E-state index in [-0.39, 0.29) is 36.8 Å². The zero-order valence-electron chi connectivity index (χ0n) is 13.3. The lowest BCUT2D eigenvalue weighted by molar-refractivity contribution is -0.123. The highest BCUT2D eigenvalue weighted by atomic mass is 35.5. The van der Waals surface area contributed by atoms with Crippen LogP contribution in [0.25, 0.3) is 0 Å². The molecule has 1 aromatic rings. The molecule has 0 spiro atoms. The van der Waals surface area contributed by atoms with Crippen LogP contribution in [0.4, 0.5) is 5.82 Å². The van der Waals surface area contributed by atoms with Crippen molar-refractivity contribution in [1.82, 2.24) is 15.6 Å². The molecule has 0 aromatic carbocycles. The third kappa shape index (κ3) is 5.52. The highest BCUT2D eigenvalue weighted by molar-refractivity contribution is 5.85. The average molecular weight is 361 g/mol. The van der Waals surface area contributed by atoms with Crippen LogP contribution in [-0.2, 0) is 11.3 Å². The number of aromatic nitrogens is 1. The fourth-order valence-electron chi connectivity index (χ4n) is 3.04. The van der Waals surface area contributed by atoms with Gasteiger partial charge in [-0.05, 0) is 43.9 Å². The molecule has 2 saturated heterocycles. The molecule has 2 fully saturated rings. The number of carbonyl (C=O) groups is 1. The van der Waals surface area contributed by atoms with E-state index in [2.05, 4.69) is 32.7 Å². The van der Waals surface area contributed by atoms with Crippen molar-refractivity contribution in [3.63, 3.8) is 0 Å². The van der Waals surface area contributed by atoms with Crippen LogP contribution in [0.3, 0.4) is 0 Å². The van der Waals surface area contributed by atoms with Crippen LogP contribution in [0, 0.1) is 0 Å². The number of anilines is 1. The van der Waals surface area contributed by atoms with E-state index in [0.29, 0.717) is 6.54 Å². The minimum absolute atomic E-state index is 0. The normalized spacial score (nSPS) is 20.3. The zero-order chi connectivity index (χ0) is 14.5. The Balaban J connectivity index is 0.00000132. The van der Waals surface area contributed by atoms with Gasteiger partial charge in [0.2, 0.25) is 5.91 Å². The molecule has 23 heavy (non-hydrogen) atoms. The first kappa shape index (κ1) is 20.0. The van der Waals surface area contributed by atoms with Gasteiger partial charge in [0, 0.05) is 25.8 Å². The molecule has 2 N–H and O–H groups in total. The third-order valence-corrected chi connectivity index (χ3v) is 4.33. The first-order chi connectivity index (χ1) is 10.3. The van der Waals surface area contributed by atoms with E-state index in [1.54, 1.807) is 0 Å². The number of nitrogens with zero attached hydrogens (tertiary/aromatic N) is 2. The summed E-state index contributed by atoms with van der Waals surface area (Å²) in [4.78, 5) is 18.9. The number of hydrogen-bond acceptors (Lipinski definition) is 4. The number of carbonyl (C=O) groups excluding carboxylic acids is 1. The van der Waals surface area contributed by atoms with Gasteiger partial charge >= 0.3 is 0 Å². The molecule has 1 unspecified atom stereocenters. The molecule has 3 rings (SSSR count). The Bertz CT molecular complexity index is 471. The molecule has 2 aliphatic heterocycles. The van der Waals surface area contributed by atoms with Gasteiger partial charge in [0.15, 0.2) is 0 Å². The van der Waals surface area contributed by atoms with E-state index in [1.807, 2.05) is 6.20 Å². The van der Waals surface area contributed by atoms with Gasteiger partial charge in [0.25, 0.3) is 0 Å². The second-order valence-corrected chi connectivity index (χ2v) is 5.94. The van der Waals surface area contributed by atoms with Gasteiger partial charge in [-0.15, -0.1) is 24.8 Å². The number of nitrogens with one attached hydrogen (secondary N) is 2. The molecule has 5 nitrogen and oxygen atoms in total. The third-order valence-electron chi connectivity index (χ3n) is 4.33. The Morgan fingerprint density at radius 2 is 2.00 bits per heavy atom. The molecule has 7 heteroatoms. The summed E-state index contributed by atoms with van der Waals surface area (Å²) in [5.41, 5.74) is 1.06. The number of pyridine rings is 1. The van der Waals surface area contributed by atoms with E-state index >= 15 is 0 Å². The summed E-state index contributed by atoms with van der Waals surface area (Å²) in [5.74, 6) is 1.16. The molecule has 1 atom stereocenters. The molecular formula is C16H26Cl2N4O. The smallest absolute Gasteiger partial charge is 0.237 e. The number of hydrogen-bond donors (Lipinski definition) is 2. The number of halogens is 2. The van der Waals surface area contributed by atoms with Gasteiger partial charge in [-0.2, -0.15) is 0 Å². The van der Waals surface area contributed by atoms with Crippen molar-refractivity contribution in [2.45, 2.75) is 44.7 Å². The van der Waals surface area contributed by atoms with Gasteiger partial charge < -0.3 is 15.5 Å². The SMILES string of the molecule is Cl.Cl.O=C(NCc1ccc(N2CCCC2)nc1)C1CCCCN1. The quantitative estimate of drug-likeness (QED) is 0.864. The topological polar surface area (TPSA) is 57.3 Å². The van der Waals surface area contributed by atoms with E-state index in [4.69, 9.17) is 0 Å². The summed E-state index contributed by atoms with van der Waals surface area (Å²) in [6, 6.07) is 4.11. The number of amides is 1. The Hall–Kier alpha value is -1.04. The maximum Gasteiger partial charge on any atom is 0.237 e. The second-order valence-electron chi connectivity index (χ2n) is 5.94. The second kappa shape index (κ2) is 9.96. The molecule has 1 aromatic heterocycles. The molecule has 0 radical (unpaired) electrons. The van der Waals surface area contributed by atoms with Gasteiger partial charge in [0.05, 0.1) is 6.04 Å². The van der Waals surface area contributed by atoms with Crippen molar-refractivity contribution >= 4 is 36.5 Å². The average Bonchev–Trinajstić information content (AvgIpc) is 3.08. The van der Waals surface area contributed by atoms with Crippen LogP contribution in [0.1, 0.15) is 37.7 Å². The summed E-state index contributed by atoms with van der Waals surface area (Å²) in [6.07, 6.45) is 7.64. The predicted octanol–water partition coefficient (Wildman–Crippen LogP) is 2.28. The fourth-order valence-corrected chi connectivity index (χ4v) is 3.04. The first-order valence-corrected chi connectivity index (χ1v) is 8.04. The molecule has 2 aliphatic rings. The summed E-state index contributed by atoms with van der Waals surface area (Å²) >= 11 is 0. The Morgan fingerprint density at radius 3 is 2.61 bits per heavy atom. The summed E-state index contributed by atoms with van der Waals surface area (Å²) < 4.78 is 0. The minimum Gasteiger partial charge on any atom is -0.357 e. The van der Waals surface area contributed by atoms with Crippen molar-refractivity contribution in [2.75, 3.05) is 24.5 Å². The summed E-state index contributed by atoms with van der Waals surface area (Å²) in [5, 5.41) is 6.27. The first-order valence-electron chi connectivity index (χ1n) is 8.04. The van der Waals surface area contributed by atoms with Gasteiger partial charge in [-0.1, -0.05) is 12.5 Å². The van der Waals surface area contributed by atoms with Crippen molar-refractivity contribution in [1.29, 1.82) is 0 Å². The molecular weight excluding hydrogens is 335 g/mol. The van der Waals surface area contributed by atoms with Gasteiger partial charge in [0.1, 0.15) is 5.82 Å². The Labute approximate surface area is 150 Å². The fraction of sp³-hybridized carbons (Fsp3) is 0.625. The molecule has 1 amide bonds. The summed E-state index contributed by atoms with van der Waals surface area (Å²) in [7, 11) is 0. The molecule has 0 bridgehead atoms. The molecule has 3 heterocycles. The lowest BCUT2D eigenvalue weighted by atomic mass is 10.0.